The lowest BCUT2D eigenvalue weighted by Crippen LogP contribution is -2.34. The van der Waals surface area contributed by atoms with Crippen LogP contribution < -0.4 is 11.1 Å². The van der Waals surface area contributed by atoms with Gasteiger partial charge in [0.05, 0.1) is 23.2 Å². The average Bonchev–Trinajstić information content (AvgIpc) is 3.23. The van der Waals surface area contributed by atoms with Crippen molar-refractivity contribution >= 4 is 34.4 Å². The van der Waals surface area contributed by atoms with Crippen LogP contribution in [0.25, 0.3) is 5.57 Å². The molecule has 0 bridgehead atoms. The summed E-state index contributed by atoms with van der Waals surface area (Å²) in [6, 6.07) is 7.26. The van der Waals surface area contributed by atoms with Crippen LogP contribution in [0, 0.1) is 6.92 Å². The summed E-state index contributed by atoms with van der Waals surface area (Å²) < 4.78 is 0. The molecule has 7 heteroatoms. The van der Waals surface area contributed by atoms with E-state index in [1.165, 1.54) is 11.3 Å². The highest BCUT2D eigenvalue weighted by Crippen LogP contribution is 2.34. The molecule has 2 aromatic rings. The highest BCUT2D eigenvalue weighted by atomic mass is 35.5. The van der Waals surface area contributed by atoms with Crippen molar-refractivity contribution in [3.63, 3.8) is 0 Å². The minimum absolute atomic E-state index is 0.0620. The fourth-order valence-electron chi connectivity index (χ4n) is 3.07. The molecule has 142 valence electrons. The lowest BCUT2D eigenvalue weighted by Gasteiger charge is -2.15. The normalized spacial score (nSPS) is 15.1. The number of nitrogens with zero attached hydrogens (tertiary/aromatic N) is 1. The van der Waals surface area contributed by atoms with Crippen molar-refractivity contribution in [3.8, 4) is 0 Å². The summed E-state index contributed by atoms with van der Waals surface area (Å²) in [5.41, 5.74) is 10.6. The first-order chi connectivity index (χ1) is 12.9. The fourth-order valence-corrected chi connectivity index (χ4v) is 4.19. The smallest absolute Gasteiger partial charge is 0.248 e. The first-order valence-electron chi connectivity index (χ1n) is 8.67. The quantitative estimate of drug-likeness (QED) is 0.688. The van der Waals surface area contributed by atoms with Gasteiger partial charge in [-0.1, -0.05) is 23.7 Å². The van der Waals surface area contributed by atoms with Crippen LogP contribution in [0.2, 0.25) is 5.02 Å². The van der Waals surface area contributed by atoms with E-state index in [1.807, 2.05) is 44.2 Å². The first kappa shape index (κ1) is 19.8. The molecule has 0 aliphatic heterocycles. The van der Waals surface area contributed by atoms with E-state index in [9.17, 15) is 9.90 Å². The Labute approximate surface area is 167 Å². The zero-order chi connectivity index (χ0) is 19.6. The van der Waals surface area contributed by atoms with E-state index in [4.69, 9.17) is 17.3 Å². The van der Waals surface area contributed by atoms with Crippen LogP contribution in [0.15, 0.2) is 41.5 Å². The van der Waals surface area contributed by atoms with Crippen LogP contribution in [-0.2, 0) is 11.4 Å². The summed E-state index contributed by atoms with van der Waals surface area (Å²) in [6.07, 6.45) is 2.48. The fraction of sp³-hybridized carbons (Fsp3) is 0.300. The predicted molar refractivity (Wildman–Crippen MR) is 109 cm³/mol. The van der Waals surface area contributed by atoms with Gasteiger partial charge in [0.2, 0.25) is 5.91 Å². The van der Waals surface area contributed by atoms with Gasteiger partial charge in [0, 0.05) is 23.6 Å². The molecule has 1 atom stereocenters. The third kappa shape index (κ3) is 4.30. The molecule has 0 saturated carbocycles. The van der Waals surface area contributed by atoms with Crippen molar-refractivity contribution < 1.29 is 9.90 Å². The third-order valence-electron chi connectivity index (χ3n) is 4.61. The number of nitrogens with two attached hydrogens (primary N) is 1. The second-order valence-electron chi connectivity index (χ2n) is 6.50. The van der Waals surface area contributed by atoms with E-state index in [2.05, 4.69) is 10.3 Å². The number of allylic oxidation sites excluding steroid dienone is 3. The molecule has 3 rings (SSSR count). The van der Waals surface area contributed by atoms with E-state index in [0.717, 1.165) is 27.3 Å². The van der Waals surface area contributed by atoms with Gasteiger partial charge in [-0.2, -0.15) is 0 Å². The van der Waals surface area contributed by atoms with Gasteiger partial charge in [-0.25, -0.2) is 4.98 Å². The Hall–Kier alpha value is -1.99. The summed E-state index contributed by atoms with van der Waals surface area (Å²) in [7, 11) is 0. The van der Waals surface area contributed by atoms with E-state index in [1.54, 1.807) is 0 Å². The van der Waals surface area contributed by atoms with Crippen LogP contribution in [0.1, 0.15) is 40.5 Å². The van der Waals surface area contributed by atoms with Crippen molar-refractivity contribution in [3.05, 3.63) is 67.7 Å². The number of halogens is 1. The molecular weight excluding hydrogens is 382 g/mol. The maximum absolute atomic E-state index is 12.8. The Balaban J connectivity index is 1.71. The van der Waals surface area contributed by atoms with Gasteiger partial charge in [-0.3, -0.25) is 4.79 Å². The number of carbonyl (C=O) groups excluding carboxylic acids is 1. The Morgan fingerprint density at radius 3 is 2.67 bits per heavy atom. The van der Waals surface area contributed by atoms with Crippen LogP contribution >= 0.6 is 22.9 Å². The zero-order valence-corrected chi connectivity index (χ0v) is 16.8. The average molecular weight is 404 g/mol. The maximum Gasteiger partial charge on any atom is 0.248 e. The van der Waals surface area contributed by atoms with E-state index in [-0.39, 0.29) is 25.1 Å². The van der Waals surface area contributed by atoms with Gasteiger partial charge in [-0.05, 0) is 48.8 Å². The molecule has 0 radical (unpaired) electrons. The minimum atomic E-state index is -0.373. The Bertz CT molecular complexity index is 916. The van der Waals surface area contributed by atoms with Gasteiger partial charge in [0.15, 0.2) is 0 Å². The first-order valence-corrected chi connectivity index (χ1v) is 9.86. The lowest BCUT2D eigenvalue weighted by molar-refractivity contribution is -0.118. The van der Waals surface area contributed by atoms with E-state index in [0.29, 0.717) is 22.0 Å². The molecule has 1 amide bonds. The topological polar surface area (TPSA) is 88.2 Å². The zero-order valence-electron chi connectivity index (χ0n) is 15.3. The number of aromatic nitrogens is 1. The minimum Gasteiger partial charge on any atom is -0.391 e. The number of hydrogen-bond donors (Lipinski definition) is 3. The molecule has 0 saturated heterocycles. The molecule has 27 heavy (non-hydrogen) atoms. The Kier molecular flexibility index (Phi) is 6.11. The summed E-state index contributed by atoms with van der Waals surface area (Å²) in [5.74, 6) is -0.146. The second-order valence-corrected chi connectivity index (χ2v) is 8.05. The number of thiazole rings is 1. The number of aliphatic hydroxyl groups excluding tert-OH is 1. The number of hydrogen-bond acceptors (Lipinski definition) is 5. The van der Waals surface area contributed by atoms with E-state index < -0.39 is 0 Å². The summed E-state index contributed by atoms with van der Waals surface area (Å²) in [5, 5.41) is 13.7. The summed E-state index contributed by atoms with van der Waals surface area (Å²) >= 11 is 7.34. The van der Waals surface area contributed by atoms with Crippen molar-refractivity contribution in [2.24, 2.45) is 5.73 Å². The molecule has 1 aliphatic rings. The number of rotatable bonds is 6. The predicted octanol–water partition coefficient (Wildman–Crippen LogP) is 3.52. The lowest BCUT2D eigenvalue weighted by atomic mass is 10.0. The largest absolute Gasteiger partial charge is 0.391 e. The number of amides is 1. The number of aryl methyl sites for hydroxylation is 1. The molecule has 1 heterocycles. The monoisotopic (exact) mass is 403 g/mol. The number of aliphatic hydroxyl groups is 1. The van der Waals surface area contributed by atoms with Gasteiger partial charge in [-0.15, -0.1) is 11.3 Å². The van der Waals surface area contributed by atoms with Gasteiger partial charge in [0.1, 0.15) is 5.01 Å². The molecule has 1 aromatic carbocycles. The molecule has 5 nitrogen and oxygen atoms in total. The summed E-state index contributed by atoms with van der Waals surface area (Å²) in [4.78, 5) is 18.0. The van der Waals surface area contributed by atoms with Crippen LogP contribution in [0.3, 0.4) is 0 Å². The summed E-state index contributed by atoms with van der Waals surface area (Å²) in [6.45, 7) is 4.02. The standard InChI is InChI=1S/C20H22ClN3O2S/c1-11-7-14(8-16(11)13-3-5-15(21)6-4-13)19(26)24-17(9-22)20-23-12(2)18(10-25)27-20/h3-7,17,25H,8-10,22H2,1-2H3,(H,24,26). The highest BCUT2D eigenvalue weighted by Gasteiger charge is 2.24. The maximum atomic E-state index is 12.8. The number of nitrogens with one attached hydrogen (secondary N) is 1. The Morgan fingerprint density at radius 2 is 2.07 bits per heavy atom. The van der Waals surface area contributed by atoms with Crippen LogP contribution in [0.5, 0.6) is 0 Å². The van der Waals surface area contributed by atoms with E-state index >= 15 is 0 Å². The third-order valence-corrected chi connectivity index (χ3v) is 6.12. The van der Waals surface area contributed by atoms with Crippen molar-refractivity contribution in [1.29, 1.82) is 0 Å². The Morgan fingerprint density at radius 1 is 1.37 bits per heavy atom. The number of carbonyl (C=O) groups is 1. The number of benzene rings is 1. The molecule has 0 spiro atoms. The molecule has 1 aromatic heterocycles. The van der Waals surface area contributed by atoms with Crippen molar-refractivity contribution in [2.45, 2.75) is 32.9 Å². The molecule has 0 fully saturated rings. The highest BCUT2D eigenvalue weighted by molar-refractivity contribution is 7.11. The molecule has 4 N–H and O–H groups in total. The molecule has 1 aliphatic carbocycles. The van der Waals surface area contributed by atoms with Crippen LogP contribution in [0.4, 0.5) is 0 Å². The second kappa shape index (κ2) is 8.35. The van der Waals surface area contributed by atoms with Crippen molar-refractivity contribution in [1.82, 2.24) is 10.3 Å². The van der Waals surface area contributed by atoms with Crippen molar-refractivity contribution in [2.75, 3.05) is 6.54 Å². The SMILES string of the molecule is CC1=C(c2ccc(Cl)cc2)CC(C(=O)NC(CN)c2nc(C)c(CO)s2)=C1. The molecular formula is C20H22ClN3O2S. The van der Waals surface area contributed by atoms with Gasteiger partial charge >= 0.3 is 0 Å². The molecule has 1 unspecified atom stereocenters. The van der Waals surface area contributed by atoms with Gasteiger partial charge in [0.25, 0.3) is 0 Å². The van der Waals surface area contributed by atoms with Gasteiger partial charge < -0.3 is 16.2 Å². The van der Waals surface area contributed by atoms with Crippen LogP contribution in [-0.4, -0.2) is 22.5 Å².